The van der Waals surface area contributed by atoms with E-state index in [4.69, 9.17) is 34.0 Å². The minimum atomic E-state index is -1.20. The number of carbonyl (C=O) groups is 4. The molecule has 2 amide bonds. The number of ketones is 2. The van der Waals surface area contributed by atoms with Crippen LogP contribution in [0, 0.1) is 10.8 Å². The molecule has 7 rings (SSSR count). The van der Waals surface area contributed by atoms with E-state index < -0.39 is 35.5 Å². The lowest BCUT2D eigenvalue weighted by atomic mass is 10.00. The molecule has 0 spiro atoms. The highest BCUT2D eigenvalue weighted by atomic mass is 35.5. The molecule has 0 fully saturated rings. The molecule has 0 unspecified atom stereocenters. The van der Waals surface area contributed by atoms with Gasteiger partial charge >= 0.3 is 0 Å². The van der Waals surface area contributed by atoms with Crippen molar-refractivity contribution in [1.29, 1.82) is 10.8 Å². The summed E-state index contributed by atoms with van der Waals surface area (Å²) < 4.78 is 0. The van der Waals surface area contributed by atoms with E-state index in [1.807, 2.05) is 30.3 Å². The number of nitrogens with zero attached hydrogens (tertiary/aromatic N) is 1. The maximum atomic E-state index is 13.3. The van der Waals surface area contributed by atoms with Crippen LogP contribution in [0.15, 0.2) is 127 Å². The third-order valence-corrected chi connectivity index (χ3v) is 9.57. The molecule has 0 saturated carbocycles. The van der Waals surface area contributed by atoms with Crippen LogP contribution in [0.25, 0.3) is 44.1 Å². The molecule has 1 aromatic heterocycles. The number of Topliss-reactive ketones (excluding diaryl/α,β-unsaturated/α-hetero) is 2. The number of H-pyrrole nitrogens is 1. The molecule has 55 heavy (non-hydrogen) atoms. The Morgan fingerprint density at radius 3 is 1.47 bits per heavy atom. The number of fused-ring (bicyclic) bond motifs is 2. The second kappa shape index (κ2) is 15.7. The Balaban J connectivity index is 1.01. The lowest BCUT2D eigenvalue weighted by molar-refractivity contribution is 0.0886. The molecule has 6 aromatic carbocycles. The largest absolute Gasteiger partial charge is 0.337 e. The summed E-state index contributed by atoms with van der Waals surface area (Å²) in [4.78, 5) is 53.1. The summed E-state index contributed by atoms with van der Waals surface area (Å²) in [7, 11) is 0. The quantitative estimate of drug-likeness (QED) is 0.0619. The molecular weight excluding hydrogens is 735 g/mol. The number of amides is 2. The van der Waals surface area contributed by atoms with Gasteiger partial charge in [0.1, 0.15) is 12.1 Å². The number of hydrogen-bond donors (Lipinski definition) is 5. The Labute approximate surface area is 324 Å². The highest BCUT2D eigenvalue weighted by Gasteiger charge is 2.24. The summed E-state index contributed by atoms with van der Waals surface area (Å²) in [6.07, 6.45) is 1.79. The zero-order valence-corrected chi connectivity index (χ0v) is 30.3. The van der Waals surface area contributed by atoms with E-state index in [0.717, 1.165) is 28.8 Å². The normalized spacial score (nSPS) is 12.1. The summed E-state index contributed by atoms with van der Waals surface area (Å²) in [5.74, 6) is -1.96. The SMILES string of the molecule is N=C[C@H](NC(=O)c1cc(Cl)cc2ccccc12)C(=O)c1ccc(-c2cc(-c3ccc(C(=O)[C@H](C=N)NC(=O)c4cc(Cl)cc5ccccc45)cc3)[nH]n2)cc1. The van der Waals surface area contributed by atoms with Crippen LogP contribution in [0.1, 0.15) is 41.4 Å². The van der Waals surface area contributed by atoms with E-state index in [0.29, 0.717) is 60.0 Å². The fraction of sp³-hybridized carbons (Fsp3) is 0.0465. The van der Waals surface area contributed by atoms with Crippen molar-refractivity contribution in [2.75, 3.05) is 0 Å². The van der Waals surface area contributed by atoms with Gasteiger partial charge in [0.2, 0.25) is 0 Å². The molecule has 270 valence electrons. The highest BCUT2D eigenvalue weighted by Crippen LogP contribution is 2.27. The van der Waals surface area contributed by atoms with Gasteiger partial charge in [0.05, 0.1) is 11.4 Å². The smallest absolute Gasteiger partial charge is 0.252 e. The van der Waals surface area contributed by atoms with Gasteiger partial charge in [0.15, 0.2) is 11.6 Å². The summed E-state index contributed by atoms with van der Waals surface area (Å²) in [6, 6.07) is 33.9. The number of nitrogens with one attached hydrogen (secondary N) is 5. The van der Waals surface area contributed by atoms with Crippen LogP contribution in [-0.2, 0) is 0 Å². The summed E-state index contributed by atoms with van der Waals surface area (Å²) in [6.45, 7) is 0. The average molecular weight is 766 g/mol. The van der Waals surface area contributed by atoms with Crippen LogP contribution in [0.3, 0.4) is 0 Å². The molecule has 0 aliphatic carbocycles. The minimum absolute atomic E-state index is 0.296. The van der Waals surface area contributed by atoms with Gasteiger partial charge in [-0.1, -0.05) is 120 Å². The first-order chi connectivity index (χ1) is 26.6. The fourth-order valence-corrected chi connectivity index (χ4v) is 6.78. The number of benzene rings is 6. The highest BCUT2D eigenvalue weighted by molar-refractivity contribution is 6.33. The number of aromatic amines is 1. The number of carbonyl (C=O) groups excluding carboxylic acids is 4. The lowest BCUT2D eigenvalue weighted by Gasteiger charge is -2.15. The first-order valence-electron chi connectivity index (χ1n) is 17.0. The van der Waals surface area contributed by atoms with Gasteiger partial charge in [-0.15, -0.1) is 0 Å². The minimum Gasteiger partial charge on any atom is -0.337 e. The molecule has 7 aromatic rings. The third-order valence-electron chi connectivity index (χ3n) is 9.14. The summed E-state index contributed by atoms with van der Waals surface area (Å²) in [5.41, 5.74) is 3.91. The summed E-state index contributed by atoms with van der Waals surface area (Å²) in [5, 5.41) is 32.1. The van der Waals surface area contributed by atoms with Crippen molar-refractivity contribution >= 4 is 80.6 Å². The van der Waals surface area contributed by atoms with Crippen molar-refractivity contribution in [1.82, 2.24) is 20.8 Å². The Bertz CT molecular complexity index is 2470. The molecule has 0 aliphatic rings. The van der Waals surface area contributed by atoms with Crippen LogP contribution in [0.5, 0.6) is 0 Å². The van der Waals surface area contributed by atoms with Crippen LogP contribution in [-0.4, -0.2) is 58.1 Å². The molecular formula is C43H30Cl2N6O4. The fourth-order valence-electron chi connectivity index (χ4n) is 6.32. The Hall–Kier alpha value is -6.75. The van der Waals surface area contributed by atoms with Crippen LogP contribution < -0.4 is 10.6 Å². The predicted octanol–water partition coefficient (Wildman–Crippen LogP) is 8.62. The average Bonchev–Trinajstić information content (AvgIpc) is 3.71. The maximum absolute atomic E-state index is 13.3. The maximum Gasteiger partial charge on any atom is 0.252 e. The van der Waals surface area contributed by atoms with Crippen molar-refractivity contribution in [3.05, 3.63) is 160 Å². The van der Waals surface area contributed by atoms with Crippen molar-refractivity contribution in [2.45, 2.75) is 12.1 Å². The molecule has 0 aliphatic heterocycles. The zero-order chi connectivity index (χ0) is 38.6. The van der Waals surface area contributed by atoms with Gasteiger partial charge in [0.25, 0.3) is 11.8 Å². The van der Waals surface area contributed by atoms with E-state index in [1.165, 1.54) is 12.1 Å². The second-order valence-electron chi connectivity index (χ2n) is 12.6. The molecule has 0 saturated heterocycles. The molecule has 12 heteroatoms. The second-order valence-corrected chi connectivity index (χ2v) is 13.5. The van der Waals surface area contributed by atoms with E-state index in [2.05, 4.69) is 20.8 Å². The van der Waals surface area contributed by atoms with Crippen molar-refractivity contribution in [2.24, 2.45) is 0 Å². The molecule has 0 radical (unpaired) electrons. The molecule has 0 bridgehead atoms. The van der Waals surface area contributed by atoms with E-state index in [-0.39, 0.29) is 0 Å². The number of hydrogen-bond acceptors (Lipinski definition) is 7. The lowest BCUT2D eigenvalue weighted by Crippen LogP contribution is -2.42. The van der Waals surface area contributed by atoms with E-state index in [1.54, 1.807) is 84.9 Å². The van der Waals surface area contributed by atoms with Crippen LogP contribution >= 0.6 is 23.2 Å². The van der Waals surface area contributed by atoms with Gasteiger partial charge in [-0.3, -0.25) is 24.3 Å². The van der Waals surface area contributed by atoms with Gasteiger partial charge in [-0.25, -0.2) is 0 Å². The van der Waals surface area contributed by atoms with Crippen molar-refractivity contribution < 1.29 is 19.2 Å². The predicted molar refractivity (Wildman–Crippen MR) is 216 cm³/mol. The summed E-state index contributed by atoms with van der Waals surface area (Å²) >= 11 is 12.5. The van der Waals surface area contributed by atoms with Crippen LogP contribution in [0.4, 0.5) is 0 Å². The van der Waals surface area contributed by atoms with Crippen molar-refractivity contribution in [3.8, 4) is 22.5 Å². The van der Waals surface area contributed by atoms with Gasteiger partial charge in [-0.2, -0.15) is 5.10 Å². The Kier molecular flexibility index (Phi) is 10.4. The Morgan fingerprint density at radius 1 is 0.582 bits per heavy atom. The standard InChI is InChI=1S/C43H30Cl2N6O4/c44-30-17-28-5-1-3-7-32(28)34(19-30)42(54)48-38(22-46)40(52)26-13-9-24(10-14-26)36-21-37(51-50-36)25-11-15-27(16-12-25)41(53)39(23-47)49-43(55)35-20-31(45)18-29-6-2-4-8-33(29)35/h1-23,38-39,46-47H,(H,48,54)(H,49,55)(H,50,51)/t38-,39-/m0/s1. The Morgan fingerprint density at radius 2 is 1.02 bits per heavy atom. The number of aromatic nitrogens is 2. The van der Waals surface area contributed by atoms with Crippen LogP contribution in [0.2, 0.25) is 10.0 Å². The molecule has 10 nitrogen and oxygen atoms in total. The first kappa shape index (κ1) is 36.6. The zero-order valence-electron chi connectivity index (χ0n) is 28.8. The third kappa shape index (κ3) is 7.68. The van der Waals surface area contributed by atoms with Gasteiger partial charge in [0, 0.05) is 50.3 Å². The van der Waals surface area contributed by atoms with Gasteiger partial charge in [-0.05, 0) is 57.4 Å². The van der Waals surface area contributed by atoms with Crippen molar-refractivity contribution in [3.63, 3.8) is 0 Å². The first-order valence-corrected chi connectivity index (χ1v) is 17.7. The topological polar surface area (TPSA) is 169 Å². The number of rotatable bonds is 12. The number of halogens is 2. The van der Waals surface area contributed by atoms with Gasteiger partial charge < -0.3 is 21.5 Å². The molecule has 1 heterocycles. The molecule has 5 N–H and O–H groups in total. The monoisotopic (exact) mass is 764 g/mol. The molecule has 2 atom stereocenters. The van der Waals surface area contributed by atoms with E-state index in [9.17, 15) is 19.2 Å². The van der Waals surface area contributed by atoms with E-state index >= 15 is 0 Å².